The van der Waals surface area contributed by atoms with Crippen molar-refractivity contribution in [3.8, 4) is 0 Å². The third-order valence-electron chi connectivity index (χ3n) is 4.32. The first-order valence-corrected chi connectivity index (χ1v) is 11.7. The molecule has 29 heavy (non-hydrogen) atoms. The van der Waals surface area contributed by atoms with Gasteiger partial charge in [0.1, 0.15) is 0 Å². The number of nitrogens with one attached hydrogen (secondary N) is 3. The molecule has 3 N–H and O–H groups in total. The maximum absolute atomic E-state index is 11.5. The van der Waals surface area contributed by atoms with Crippen molar-refractivity contribution in [2.45, 2.75) is 52.2 Å². The maximum atomic E-state index is 11.5. The summed E-state index contributed by atoms with van der Waals surface area (Å²) < 4.78 is 25.5. The van der Waals surface area contributed by atoms with E-state index in [9.17, 15) is 8.42 Å². The van der Waals surface area contributed by atoms with Crippen LogP contribution in [0, 0.1) is 0 Å². The standard InChI is InChI=1S/C20H37N5O2S.HI/c1-7-21-19(23-16-20(3,4)24-28(6,26)27)22-14-13-17(2)25(5)15-18-11-9-8-10-12-18;/h8-12,17,24H,7,13-16H2,1-6H3,(H2,21,22,23);1H. The summed E-state index contributed by atoms with van der Waals surface area (Å²) in [7, 11) is -1.14. The molecule has 0 saturated heterocycles. The molecular formula is C20H38IN5O2S. The first-order chi connectivity index (χ1) is 13.0. The summed E-state index contributed by atoms with van der Waals surface area (Å²) in [5.74, 6) is 0.698. The number of nitrogens with zero attached hydrogens (tertiary/aromatic N) is 2. The van der Waals surface area contributed by atoms with Crippen molar-refractivity contribution in [1.29, 1.82) is 0 Å². The maximum Gasteiger partial charge on any atom is 0.209 e. The third kappa shape index (κ3) is 13.1. The van der Waals surface area contributed by atoms with Crippen LogP contribution in [0.25, 0.3) is 0 Å². The van der Waals surface area contributed by atoms with Crippen molar-refractivity contribution in [2.75, 3.05) is 32.9 Å². The predicted octanol–water partition coefficient (Wildman–Crippen LogP) is 2.40. The Hall–Kier alpha value is -0.910. The van der Waals surface area contributed by atoms with E-state index in [-0.39, 0.29) is 24.0 Å². The van der Waals surface area contributed by atoms with Crippen molar-refractivity contribution in [3.05, 3.63) is 35.9 Å². The molecule has 1 unspecified atom stereocenters. The molecule has 1 atom stereocenters. The molecule has 0 aromatic heterocycles. The van der Waals surface area contributed by atoms with Crippen LogP contribution in [0.5, 0.6) is 0 Å². The number of halogens is 1. The summed E-state index contributed by atoms with van der Waals surface area (Å²) in [6, 6.07) is 10.9. The fourth-order valence-electron chi connectivity index (χ4n) is 2.80. The number of guanidine groups is 1. The number of hydrogen-bond donors (Lipinski definition) is 3. The summed E-state index contributed by atoms with van der Waals surface area (Å²) in [6.07, 6.45) is 2.13. The topological polar surface area (TPSA) is 85.8 Å². The Morgan fingerprint density at radius 3 is 2.38 bits per heavy atom. The smallest absolute Gasteiger partial charge is 0.209 e. The van der Waals surface area contributed by atoms with Gasteiger partial charge in [-0.3, -0.25) is 9.89 Å². The lowest BCUT2D eigenvalue weighted by Crippen LogP contribution is -2.47. The molecule has 0 bridgehead atoms. The van der Waals surface area contributed by atoms with Crippen LogP contribution in [-0.4, -0.2) is 63.8 Å². The summed E-state index contributed by atoms with van der Waals surface area (Å²) in [5.41, 5.74) is 0.666. The predicted molar refractivity (Wildman–Crippen MR) is 133 cm³/mol. The molecule has 7 nitrogen and oxygen atoms in total. The van der Waals surface area contributed by atoms with Crippen LogP contribution in [0.2, 0.25) is 0 Å². The molecule has 0 heterocycles. The van der Waals surface area contributed by atoms with Crippen LogP contribution in [0.4, 0.5) is 0 Å². The second kappa shape index (κ2) is 13.4. The molecule has 0 radical (unpaired) electrons. The normalized spacial score (nSPS) is 13.7. The van der Waals surface area contributed by atoms with E-state index in [0.717, 1.165) is 32.3 Å². The Morgan fingerprint density at radius 2 is 1.83 bits per heavy atom. The van der Waals surface area contributed by atoms with Gasteiger partial charge in [-0.2, -0.15) is 0 Å². The molecule has 0 aliphatic rings. The fourth-order valence-corrected chi connectivity index (χ4v) is 3.87. The molecule has 0 saturated carbocycles. The Labute approximate surface area is 194 Å². The van der Waals surface area contributed by atoms with E-state index < -0.39 is 15.6 Å². The Balaban J connectivity index is 0.00000784. The van der Waals surface area contributed by atoms with Crippen LogP contribution in [0.3, 0.4) is 0 Å². The largest absolute Gasteiger partial charge is 0.357 e. The van der Waals surface area contributed by atoms with E-state index in [4.69, 9.17) is 0 Å². The Kier molecular flexibility index (Phi) is 13.0. The number of aliphatic imine (C=N–C) groups is 1. The minimum absolute atomic E-state index is 0. The number of rotatable bonds is 11. The van der Waals surface area contributed by atoms with E-state index in [1.165, 1.54) is 5.56 Å². The molecule has 0 aliphatic carbocycles. The van der Waals surface area contributed by atoms with E-state index in [1.54, 1.807) is 0 Å². The highest BCUT2D eigenvalue weighted by molar-refractivity contribution is 14.0. The molecular weight excluding hydrogens is 501 g/mol. The highest BCUT2D eigenvalue weighted by atomic mass is 127. The van der Waals surface area contributed by atoms with Crippen molar-refractivity contribution in [3.63, 3.8) is 0 Å². The zero-order valence-corrected chi connectivity index (χ0v) is 21.7. The van der Waals surface area contributed by atoms with Gasteiger partial charge in [0.05, 0.1) is 12.8 Å². The van der Waals surface area contributed by atoms with Gasteiger partial charge in [-0.15, -0.1) is 24.0 Å². The fraction of sp³-hybridized carbons (Fsp3) is 0.650. The molecule has 168 valence electrons. The quantitative estimate of drug-likeness (QED) is 0.229. The molecule has 1 aromatic rings. The van der Waals surface area contributed by atoms with Crippen molar-refractivity contribution >= 4 is 40.0 Å². The summed E-state index contributed by atoms with van der Waals surface area (Å²) >= 11 is 0. The lowest BCUT2D eigenvalue weighted by atomic mass is 10.1. The minimum atomic E-state index is -3.27. The minimum Gasteiger partial charge on any atom is -0.357 e. The number of hydrogen-bond acceptors (Lipinski definition) is 4. The zero-order valence-electron chi connectivity index (χ0n) is 18.5. The van der Waals surface area contributed by atoms with E-state index in [1.807, 2.05) is 26.8 Å². The molecule has 0 fully saturated rings. The van der Waals surface area contributed by atoms with Crippen molar-refractivity contribution in [1.82, 2.24) is 20.3 Å². The van der Waals surface area contributed by atoms with Gasteiger partial charge in [0, 0.05) is 31.2 Å². The van der Waals surface area contributed by atoms with Gasteiger partial charge in [-0.25, -0.2) is 13.1 Å². The lowest BCUT2D eigenvalue weighted by molar-refractivity contribution is 0.238. The van der Waals surface area contributed by atoms with Crippen LogP contribution >= 0.6 is 24.0 Å². The van der Waals surface area contributed by atoms with Gasteiger partial charge in [0.15, 0.2) is 5.96 Å². The molecule has 1 rings (SSSR count). The van der Waals surface area contributed by atoms with Gasteiger partial charge in [0.25, 0.3) is 0 Å². The second-order valence-corrected chi connectivity index (χ2v) is 9.67. The van der Waals surface area contributed by atoms with E-state index in [0.29, 0.717) is 18.5 Å². The molecule has 1 aromatic carbocycles. The summed E-state index contributed by atoms with van der Waals surface area (Å²) in [5, 5.41) is 6.55. The highest BCUT2D eigenvalue weighted by Crippen LogP contribution is 2.08. The van der Waals surface area contributed by atoms with Crippen molar-refractivity contribution < 1.29 is 8.42 Å². The third-order valence-corrected chi connectivity index (χ3v) is 5.24. The van der Waals surface area contributed by atoms with E-state index >= 15 is 0 Å². The molecule has 0 amide bonds. The van der Waals surface area contributed by atoms with Gasteiger partial charge in [0.2, 0.25) is 10.0 Å². The summed E-state index contributed by atoms with van der Waals surface area (Å²) in [6.45, 7) is 10.7. The molecule has 9 heteroatoms. The van der Waals surface area contributed by atoms with Crippen LogP contribution < -0.4 is 15.4 Å². The van der Waals surface area contributed by atoms with Crippen molar-refractivity contribution in [2.24, 2.45) is 4.99 Å². The average molecular weight is 540 g/mol. The SMILES string of the molecule is CCNC(=NCC(C)(C)NS(C)(=O)=O)NCCC(C)N(C)Cc1ccccc1.I. The first-order valence-electron chi connectivity index (χ1n) is 9.77. The van der Waals surface area contributed by atoms with Gasteiger partial charge >= 0.3 is 0 Å². The van der Waals surface area contributed by atoms with Crippen LogP contribution in [-0.2, 0) is 16.6 Å². The average Bonchev–Trinajstić information content (AvgIpc) is 2.58. The zero-order chi connectivity index (χ0) is 21.2. The van der Waals surface area contributed by atoms with Gasteiger partial charge < -0.3 is 10.6 Å². The molecule has 0 spiro atoms. The molecule has 0 aliphatic heterocycles. The Morgan fingerprint density at radius 1 is 1.21 bits per heavy atom. The van der Waals surface area contributed by atoms with Crippen LogP contribution in [0.1, 0.15) is 39.7 Å². The first kappa shape index (κ1) is 28.1. The van der Waals surface area contributed by atoms with Gasteiger partial charge in [-0.05, 0) is 46.7 Å². The number of benzene rings is 1. The second-order valence-electron chi connectivity index (χ2n) is 7.92. The van der Waals surface area contributed by atoms with Gasteiger partial charge in [-0.1, -0.05) is 30.3 Å². The lowest BCUT2D eigenvalue weighted by Gasteiger charge is -2.26. The number of sulfonamides is 1. The van der Waals surface area contributed by atoms with Crippen LogP contribution in [0.15, 0.2) is 35.3 Å². The highest BCUT2D eigenvalue weighted by Gasteiger charge is 2.21. The van der Waals surface area contributed by atoms with E-state index in [2.05, 4.69) is 63.5 Å². The summed E-state index contributed by atoms with van der Waals surface area (Å²) in [4.78, 5) is 6.87. The monoisotopic (exact) mass is 539 g/mol. The Bertz CT molecular complexity index is 711.